The quantitative estimate of drug-likeness (QED) is 0.191. The molecule has 2 heterocycles. The molecule has 8 heteroatoms. The van der Waals surface area contributed by atoms with E-state index in [4.69, 9.17) is 9.47 Å². The fourth-order valence-corrected chi connectivity index (χ4v) is 3.73. The molecular weight excluding hydrogens is 461 g/mol. The molecule has 1 N–H and O–H groups in total. The summed E-state index contributed by atoms with van der Waals surface area (Å²) in [5, 5.41) is 10.4. The van der Waals surface area contributed by atoms with Crippen molar-refractivity contribution in [1.29, 1.82) is 0 Å². The summed E-state index contributed by atoms with van der Waals surface area (Å²) < 4.78 is 19.8. The van der Waals surface area contributed by atoms with Gasteiger partial charge < -0.3 is 14.6 Å². The number of rotatable bonds is 7. The van der Waals surface area contributed by atoms with Crippen LogP contribution in [-0.2, 0) is 9.53 Å². The lowest BCUT2D eigenvalue weighted by molar-refractivity contribution is -0.139. The molecule has 0 unspecified atom stereocenters. The summed E-state index contributed by atoms with van der Waals surface area (Å²) in [7, 11) is 0. The van der Waals surface area contributed by atoms with Gasteiger partial charge in [0.05, 0.1) is 0 Å². The molecule has 4 rings (SSSR count). The van der Waals surface area contributed by atoms with Crippen molar-refractivity contribution in [1.82, 2.24) is 14.1 Å². The second-order valence-corrected chi connectivity index (χ2v) is 8.06. The molecule has 0 atom stereocenters. The Morgan fingerprint density at radius 1 is 1.15 bits per heavy atom. The lowest BCUT2D eigenvalue weighted by atomic mass is 10.3. The highest BCUT2D eigenvalue weighted by molar-refractivity contribution is 14.2. The van der Waals surface area contributed by atoms with E-state index in [1.165, 1.54) is 3.57 Å². The van der Waals surface area contributed by atoms with Gasteiger partial charge in [-0.05, 0) is 37.3 Å². The Morgan fingerprint density at radius 2 is 1.93 bits per heavy atom. The summed E-state index contributed by atoms with van der Waals surface area (Å²) in [6, 6.07) is 11.4. The predicted octanol–water partition coefficient (Wildman–Crippen LogP) is 3.20. The van der Waals surface area contributed by atoms with E-state index in [0.29, 0.717) is 17.0 Å². The van der Waals surface area contributed by atoms with Crippen molar-refractivity contribution < 1.29 is 19.4 Å². The molecule has 0 amide bonds. The standard InChI is InChI=1S/C19H18IN3O4/c1-12(2)19(25)27-9-8-26-14-5-7-16(18(24)11-14)22-21-15-6-4-13(20-3)10-17(15)23(21)22/h4-7,10-11,24H,1,3,8-9H2,2H3. The van der Waals surface area contributed by atoms with Gasteiger partial charge in [0.25, 0.3) is 0 Å². The molecule has 0 spiro atoms. The molecule has 0 saturated heterocycles. The highest BCUT2D eigenvalue weighted by atomic mass is 127. The van der Waals surface area contributed by atoms with E-state index >= 15 is 0 Å². The lowest BCUT2D eigenvalue weighted by Crippen LogP contribution is -2.12. The van der Waals surface area contributed by atoms with Crippen LogP contribution in [0.5, 0.6) is 11.5 Å². The molecule has 0 saturated carbocycles. The maximum atomic E-state index is 11.3. The number of phenols is 1. The topological polar surface area (TPSA) is 69.5 Å². The summed E-state index contributed by atoms with van der Waals surface area (Å²) >= 11 is -0.200. The number of benzene rings is 2. The van der Waals surface area contributed by atoms with E-state index in [9.17, 15) is 9.90 Å². The fraction of sp³-hybridized carbons (Fsp3) is 0.158. The highest BCUT2D eigenvalue weighted by Crippen LogP contribution is 2.33. The number of hydrogen-bond acceptors (Lipinski definition) is 4. The van der Waals surface area contributed by atoms with E-state index in [1.54, 1.807) is 25.1 Å². The first-order valence-electron chi connectivity index (χ1n) is 8.22. The Kier molecular flexibility index (Phi) is 4.42. The minimum absolute atomic E-state index is 0.108. The molecule has 4 aromatic rings. The molecule has 0 bridgehead atoms. The van der Waals surface area contributed by atoms with Gasteiger partial charge in [-0.3, -0.25) is 0 Å². The molecule has 0 aliphatic rings. The first-order valence-corrected chi connectivity index (χ1v) is 10.8. The molecule has 0 fully saturated rings. The SMILES string of the molecule is C=Ic1ccc2c(c1)n1n(-c3ccc(OCCOC(=O)C(=C)C)cc3O)n21. The molecule has 27 heavy (non-hydrogen) atoms. The molecule has 0 aliphatic heterocycles. The highest BCUT2D eigenvalue weighted by Gasteiger charge is 2.25. The molecule has 0 aliphatic carbocycles. The van der Waals surface area contributed by atoms with Crippen LogP contribution in [0, 0.1) is 3.57 Å². The van der Waals surface area contributed by atoms with Crippen molar-refractivity contribution in [3.8, 4) is 17.2 Å². The Bertz CT molecular complexity index is 1170. The van der Waals surface area contributed by atoms with Crippen molar-refractivity contribution in [2.75, 3.05) is 13.2 Å². The van der Waals surface area contributed by atoms with Crippen LogP contribution < -0.4 is 4.74 Å². The number of halogens is 1. The largest absolute Gasteiger partial charge is 0.505 e. The maximum Gasteiger partial charge on any atom is 0.333 e. The molecule has 0 radical (unpaired) electrons. The summed E-state index contributed by atoms with van der Waals surface area (Å²) in [6.07, 6.45) is 0. The second kappa shape index (κ2) is 6.76. The predicted molar refractivity (Wildman–Crippen MR) is 112 cm³/mol. The zero-order valence-corrected chi connectivity index (χ0v) is 16.8. The Morgan fingerprint density at radius 3 is 2.63 bits per heavy atom. The number of carbonyl (C=O) groups is 1. The van der Waals surface area contributed by atoms with Crippen LogP contribution in [0.3, 0.4) is 0 Å². The zero-order valence-electron chi connectivity index (χ0n) is 14.7. The molecular formula is C19H18IN3O4. The van der Waals surface area contributed by atoms with Gasteiger partial charge >= 0.3 is 5.97 Å². The van der Waals surface area contributed by atoms with E-state index in [-0.39, 0.29) is 39.7 Å². The van der Waals surface area contributed by atoms with Crippen molar-refractivity contribution >= 4 is 42.2 Å². The summed E-state index contributed by atoms with van der Waals surface area (Å²) in [4.78, 5) is 13.2. The third-order valence-corrected chi connectivity index (χ3v) is 5.68. The van der Waals surface area contributed by atoms with Gasteiger partial charge in [0.1, 0.15) is 41.4 Å². The van der Waals surface area contributed by atoms with Gasteiger partial charge in [-0.15, -0.1) is 14.1 Å². The first kappa shape index (κ1) is 17.7. The van der Waals surface area contributed by atoms with Crippen LogP contribution in [0.4, 0.5) is 0 Å². The van der Waals surface area contributed by atoms with Gasteiger partial charge in [0.15, 0.2) is 0 Å². The van der Waals surface area contributed by atoms with Crippen molar-refractivity contribution in [3.63, 3.8) is 0 Å². The number of nitrogens with zero attached hydrogens (tertiary/aromatic N) is 3. The van der Waals surface area contributed by atoms with Crippen LogP contribution in [0.2, 0.25) is 0 Å². The minimum atomic E-state index is -0.444. The van der Waals surface area contributed by atoms with Crippen LogP contribution >= 0.6 is 20.7 Å². The summed E-state index contributed by atoms with van der Waals surface area (Å²) in [5.41, 5.74) is 3.24. The molecule has 2 aromatic heterocycles. The molecule has 140 valence electrons. The summed E-state index contributed by atoms with van der Waals surface area (Å²) in [6.45, 7) is 5.42. The third kappa shape index (κ3) is 3.09. The Balaban J connectivity index is 1.46. The van der Waals surface area contributed by atoms with Crippen LogP contribution in [0.1, 0.15) is 6.92 Å². The van der Waals surface area contributed by atoms with Crippen LogP contribution in [-0.4, -0.2) is 42.9 Å². The number of aromatic nitrogens is 3. The Hall–Kier alpha value is -2.75. The van der Waals surface area contributed by atoms with Gasteiger partial charge in [-0.2, -0.15) is 0 Å². The zero-order chi connectivity index (χ0) is 19.1. The van der Waals surface area contributed by atoms with Crippen LogP contribution in [0.25, 0.3) is 16.7 Å². The average Bonchev–Trinajstić information content (AvgIpc) is 3.31. The number of aromatic hydroxyl groups is 1. The number of esters is 1. The fourth-order valence-electron chi connectivity index (χ4n) is 2.78. The smallest absolute Gasteiger partial charge is 0.333 e. The van der Waals surface area contributed by atoms with Crippen molar-refractivity contribution in [2.45, 2.75) is 6.92 Å². The summed E-state index contributed by atoms with van der Waals surface area (Å²) in [5.74, 6) is 0.167. The molecule has 2 aromatic carbocycles. The lowest BCUT2D eigenvalue weighted by Gasteiger charge is -2.08. The third-order valence-electron chi connectivity index (χ3n) is 4.13. The monoisotopic (exact) mass is 479 g/mol. The van der Waals surface area contributed by atoms with Crippen LogP contribution in [0.15, 0.2) is 48.6 Å². The van der Waals surface area contributed by atoms with Gasteiger partial charge in [0, 0.05) is 15.2 Å². The first-order chi connectivity index (χ1) is 13.0. The van der Waals surface area contributed by atoms with Gasteiger partial charge in [-0.1, -0.05) is 31.8 Å². The number of ether oxygens (including phenoxy) is 2. The van der Waals surface area contributed by atoms with Crippen molar-refractivity contribution in [2.24, 2.45) is 0 Å². The number of carbonyl (C=O) groups excluding carboxylic acids is 1. The van der Waals surface area contributed by atoms with E-state index < -0.39 is 5.97 Å². The second-order valence-electron chi connectivity index (χ2n) is 6.05. The normalized spacial score (nSPS) is 11.4. The number of hydrogen-bond donors (Lipinski definition) is 1. The molecule has 7 nitrogen and oxygen atoms in total. The number of phenolic OH excluding ortho intramolecular Hbond substituents is 1. The Labute approximate surface area is 165 Å². The van der Waals surface area contributed by atoms with Crippen molar-refractivity contribution in [3.05, 3.63) is 52.1 Å². The van der Waals surface area contributed by atoms with E-state index in [2.05, 4.69) is 29.3 Å². The van der Waals surface area contributed by atoms with E-state index in [0.717, 1.165) is 11.0 Å². The maximum absolute atomic E-state index is 11.3. The van der Waals surface area contributed by atoms with Gasteiger partial charge in [-0.25, -0.2) is 4.79 Å². The average molecular weight is 479 g/mol. The van der Waals surface area contributed by atoms with E-state index in [1.807, 2.05) is 14.1 Å². The number of fused-ring (bicyclic) bond motifs is 4. The minimum Gasteiger partial charge on any atom is -0.505 e. The van der Waals surface area contributed by atoms with Gasteiger partial charge in [0.2, 0.25) is 0 Å².